The zero-order chi connectivity index (χ0) is 25.1. The number of nitrogens with zero attached hydrogens (tertiary/aromatic N) is 4. The Balaban J connectivity index is 1.28. The van der Waals surface area contributed by atoms with Crippen molar-refractivity contribution in [1.29, 1.82) is 0 Å². The summed E-state index contributed by atoms with van der Waals surface area (Å²) in [5, 5.41) is 21.0. The van der Waals surface area contributed by atoms with Gasteiger partial charge >= 0.3 is 6.72 Å². The minimum absolute atomic E-state index is 0.113. The van der Waals surface area contributed by atoms with E-state index in [2.05, 4.69) is 15.0 Å². The van der Waals surface area contributed by atoms with Gasteiger partial charge in [0, 0.05) is 5.56 Å². The van der Waals surface area contributed by atoms with Gasteiger partial charge in [0.25, 0.3) is 0 Å². The summed E-state index contributed by atoms with van der Waals surface area (Å²) in [5.74, 6) is -7.09. The van der Waals surface area contributed by atoms with Crippen LogP contribution in [0.25, 0.3) is 11.2 Å². The van der Waals surface area contributed by atoms with E-state index in [1.165, 1.54) is 17.2 Å². The SMILES string of the molecule is Nc1ncnc2c1ncn2[C@@H]1O[C@H](COP2(=S)OCC(c3cc(F)c(F)c(F)c3F)O2)[C@@H](O)[C@H]1O. The minimum Gasteiger partial charge on any atom is -0.387 e. The molecule has 0 radical (unpaired) electrons. The van der Waals surface area contributed by atoms with Gasteiger partial charge in [-0.1, -0.05) is 0 Å². The Bertz CT molecular complexity index is 1350. The van der Waals surface area contributed by atoms with Gasteiger partial charge in [0.2, 0.25) is 0 Å². The van der Waals surface area contributed by atoms with E-state index in [9.17, 15) is 27.8 Å². The van der Waals surface area contributed by atoms with Crippen molar-refractivity contribution in [2.75, 3.05) is 18.9 Å². The number of benzene rings is 1. The number of fused-ring (bicyclic) bond motifs is 1. The van der Waals surface area contributed by atoms with Crippen LogP contribution in [0.1, 0.15) is 17.9 Å². The number of aromatic nitrogens is 4. The second-order valence-electron chi connectivity index (χ2n) is 7.65. The summed E-state index contributed by atoms with van der Waals surface area (Å²) in [7, 11) is 0. The average Bonchev–Trinajstić information content (AvgIpc) is 3.51. The largest absolute Gasteiger partial charge is 0.387 e. The summed E-state index contributed by atoms with van der Waals surface area (Å²) in [6, 6.07) is 0.448. The van der Waals surface area contributed by atoms with E-state index in [0.29, 0.717) is 6.07 Å². The molecule has 35 heavy (non-hydrogen) atoms. The summed E-state index contributed by atoms with van der Waals surface area (Å²) in [6.07, 6.45) is -3.94. The zero-order valence-electron chi connectivity index (χ0n) is 17.3. The van der Waals surface area contributed by atoms with Crippen LogP contribution < -0.4 is 5.73 Å². The number of rotatable bonds is 5. The predicted octanol–water partition coefficient (Wildman–Crippen LogP) is 1.61. The van der Waals surface area contributed by atoms with Crippen molar-refractivity contribution < 1.29 is 46.1 Å². The summed E-state index contributed by atoms with van der Waals surface area (Å²) in [5.41, 5.74) is 5.66. The average molecular weight is 537 g/mol. The number of hydrogen-bond acceptors (Lipinski definition) is 11. The molecule has 2 unspecified atom stereocenters. The molecule has 1 aromatic carbocycles. The maximum absolute atomic E-state index is 14.1. The van der Waals surface area contributed by atoms with Crippen LogP contribution in [0.3, 0.4) is 0 Å². The van der Waals surface area contributed by atoms with Crippen LogP contribution in [0, 0.1) is 23.3 Å². The first kappa shape index (κ1) is 24.4. The lowest BCUT2D eigenvalue weighted by atomic mass is 10.1. The highest BCUT2D eigenvalue weighted by atomic mass is 32.5. The second kappa shape index (κ2) is 8.97. The van der Waals surface area contributed by atoms with Gasteiger partial charge in [0.1, 0.15) is 36.3 Å². The maximum Gasteiger partial charge on any atom is 0.328 e. The molecule has 2 aliphatic heterocycles. The third-order valence-corrected chi connectivity index (χ3v) is 7.85. The Labute approximate surface area is 198 Å². The summed E-state index contributed by atoms with van der Waals surface area (Å²) in [4.78, 5) is 12.0. The number of ether oxygens (including phenoxy) is 1. The predicted molar refractivity (Wildman–Crippen MR) is 112 cm³/mol. The molecule has 6 atom stereocenters. The van der Waals surface area contributed by atoms with Gasteiger partial charge in [-0.05, 0) is 17.9 Å². The van der Waals surface area contributed by atoms with Crippen molar-refractivity contribution in [2.45, 2.75) is 30.6 Å². The van der Waals surface area contributed by atoms with Gasteiger partial charge in [0.05, 0.1) is 19.5 Å². The molecule has 5 rings (SSSR count). The van der Waals surface area contributed by atoms with Crippen LogP contribution in [0.15, 0.2) is 18.7 Å². The fraction of sp³-hybridized carbons (Fsp3) is 0.389. The van der Waals surface area contributed by atoms with Crippen LogP contribution in [0.2, 0.25) is 0 Å². The van der Waals surface area contributed by atoms with Gasteiger partial charge in [0.15, 0.2) is 41.0 Å². The summed E-state index contributed by atoms with van der Waals surface area (Å²) >= 11 is 5.18. The molecule has 4 N–H and O–H groups in total. The highest BCUT2D eigenvalue weighted by Gasteiger charge is 2.46. The van der Waals surface area contributed by atoms with Gasteiger partial charge in [-0.3, -0.25) is 9.09 Å². The molecule has 0 bridgehead atoms. The molecule has 0 spiro atoms. The van der Waals surface area contributed by atoms with Crippen molar-refractivity contribution in [3.05, 3.63) is 47.6 Å². The molecule has 2 aliphatic rings. The number of halogens is 4. The Morgan fingerprint density at radius 1 is 1.14 bits per heavy atom. The minimum atomic E-state index is -3.58. The number of aliphatic hydroxyl groups is 2. The lowest BCUT2D eigenvalue weighted by Gasteiger charge is -2.19. The Kier molecular flexibility index (Phi) is 6.26. The quantitative estimate of drug-likeness (QED) is 0.189. The zero-order valence-corrected chi connectivity index (χ0v) is 19.0. The van der Waals surface area contributed by atoms with Gasteiger partial charge in [-0.2, -0.15) is 0 Å². The molecule has 11 nitrogen and oxygen atoms in total. The summed E-state index contributed by atoms with van der Waals surface area (Å²) in [6.45, 7) is -4.41. The van der Waals surface area contributed by atoms with E-state index in [1.54, 1.807) is 0 Å². The van der Waals surface area contributed by atoms with Crippen molar-refractivity contribution >= 4 is 35.5 Å². The molecule has 0 aliphatic carbocycles. The molecule has 2 saturated heterocycles. The molecular weight excluding hydrogens is 521 g/mol. The number of hydrogen-bond donors (Lipinski definition) is 3. The Morgan fingerprint density at radius 3 is 2.69 bits per heavy atom. The van der Waals surface area contributed by atoms with Crippen LogP contribution in [0.4, 0.5) is 23.4 Å². The van der Waals surface area contributed by atoms with E-state index in [1.807, 2.05) is 0 Å². The van der Waals surface area contributed by atoms with Crippen LogP contribution in [0.5, 0.6) is 0 Å². The number of anilines is 1. The highest BCUT2D eigenvalue weighted by molar-refractivity contribution is 8.07. The lowest BCUT2D eigenvalue weighted by molar-refractivity contribution is -0.0488. The first-order valence-corrected chi connectivity index (χ1v) is 12.5. The van der Waals surface area contributed by atoms with Crippen molar-refractivity contribution in [3.8, 4) is 0 Å². The number of aliphatic hydroxyl groups excluding tert-OH is 2. The van der Waals surface area contributed by atoms with Crippen molar-refractivity contribution in [3.63, 3.8) is 0 Å². The molecule has 0 amide bonds. The fourth-order valence-electron chi connectivity index (χ4n) is 3.73. The van der Waals surface area contributed by atoms with E-state index < -0.39 is 79.4 Å². The molecule has 17 heteroatoms. The van der Waals surface area contributed by atoms with Gasteiger partial charge in [-0.15, -0.1) is 0 Å². The normalized spacial score (nSPS) is 31.0. The lowest BCUT2D eigenvalue weighted by Crippen LogP contribution is -2.33. The highest BCUT2D eigenvalue weighted by Crippen LogP contribution is 2.59. The van der Waals surface area contributed by atoms with Crippen LogP contribution >= 0.6 is 6.72 Å². The molecule has 188 valence electrons. The number of nitrogens with two attached hydrogens (primary N) is 1. The van der Waals surface area contributed by atoms with E-state index in [4.69, 9.17) is 35.8 Å². The molecule has 2 aromatic heterocycles. The van der Waals surface area contributed by atoms with Gasteiger partial charge in [-0.25, -0.2) is 32.5 Å². The third-order valence-electron chi connectivity index (χ3n) is 5.51. The second-order valence-corrected chi connectivity index (χ2v) is 10.6. The fourth-order valence-corrected chi connectivity index (χ4v) is 5.74. The number of imidazole rings is 1. The molecule has 0 saturated carbocycles. The number of nitrogen functional groups attached to an aromatic ring is 1. The first-order valence-electron chi connectivity index (χ1n) is 9.94. The maximum atomic E-state index is 14.1. The smallest absolute Gasteiger partial charge is 0.328 e. The Hall–Kier alpha value is -2.30. The topological polar surface area (TPSA) is 147 Å². The first-order chi connectivity index (χ1) is 16.6. The van der Waals surface area contributed by atoms with Crippen LogP contribution in [-0.4, -0.2) is 61.3 Å². The van der Waals surface area contributed by atoms with Crippen molar-refractivity contribution in [1.82, 2.24) is 19.5 Å². The van der Waals surface area contributed by atoms with Gasteiger partial charge < -0.3 is 29.7 Å². The molecule has 4 heterocycles. The van der Waals surface area contributed by atoms with E-state index >= 15 is 0 Å². The van der Waals surface area contributed by atoms with E-state index in [-0.39, 0.29) is 17.0 Å². The molecule has 3 aromatic rings. The van der Waals surface area contributed by atoms with Crippen molar-refractivity contribution in [2.24, 2.45) is 0 Å². The standard InChI is InChI=1S/C18H16F4N5O6PS/c19-7-1-6(10(20)12(22)11(7)21)8-2-30-34(35,33-8)31-3-9-14(28)15(29)18(32-9)27-5-26-13-16(23)24-4-25-17(13)27/h1,4-5,8-9,14-15,18,28-29H,2-3H2,(H2,23,24,25)/t8?,9-,14-,15-,18-,34?/m1/s1. The van der Waals surface area contributed by atoms with E-state index in [0.717, 1.165) is 0 Å². The monoisotopic (exact) mass is 537 g/mol. The third kappa shape index (κ3) is 4.19. The Morgan fingerprint density at radius 2 is 1.91 bits per heavy atom. The molecular formula is C18H16F4N5O6PS. The van der Waals surface area contributed by atoms with Crippen LogP contribution in [-0.2, 0) is 30.1 Å². The summed E-state index contributed by atoms with van der Waals surface area (Å²) < 4.78 is 77.7. The molecule has 2 fully saturated rings.